The van der Waals surface area contributed by atoms with E-state index < -0.39 is 0 Å². The van der Waals surface area contributed by atoms with Crippen molar-refractivity contribution in [1.82, 2.24) is 0 Å². The summed E-state index contributed by atoms with van der Waals surface area (Å²) in [5.41, 5.74) is 1.60. The van der Waals surface area contributed by atoms with Crippen molar-refractivity contribution in [3.63, 3.8) is 0 Å². The van der Waals surface area contributed by atoms with Gasteiger partial charge in [-0.25, -0.2) is 0 Å². The minimum Gasteiger partial charge on any atom is -0.504 e. The molecule has 0 bridgehead atoms. The summed E-state index contributed by atoms with van der Waals surface area (Å²) in [6, 6.07) is 3.25. The molecule has 1 rings (SSSR count). The van der Waals surface area contributed by atoms with Gasteiger partial charge in [-0.05, 0) is 25.3 Å². The topological polar surface area (TPSA) is 41.8 Å². The van der Waals surface area contributed by atoms with E-state index in [9.17, 15) is 5.11 Å². The zero-order valence-corrected chi connectivity index (χ0v) is 7.16. The molecule has 0 aromatic heterocycles. The van der Waals surface area contributed by atoms with E-state index in [4.69, 9.17) is 4.74 Å². The molecule has 64 valence electrons. The van der Waals surface area contributed by atoms with E-state index in [0.717, 1.165) is 5.56 Å². The quantitative estimate of drug-likeness (QED) is 0.681. The van der Waals surface area contributed by atoms with Crippen LogP contribution in [0.4, 0.5) is 5.69 Å². The molecule has 0 unspecified atom stereocenters. The third-order valence-corrected chi connectivity index (χ3v) is 1.67. The lowest BCUT2D eigenvalue weighted by Gasteiger charge is -2.05. The first kappa shape index (κ1) is 8.59. The van der Waals surface area contributed by atoms with Gasteiger partial charge in [0.05, 0.1) is 12.8 Å². The van der Waals surface area contributed by atoms with Gasteiger partial charge < -0.3 is 9.84 Å². The first-order valence-electron chi connectivity index (χ1n) is 3.53. The number of phenols is 1. The molecule has 12 heavy (non-hydrogen) atoms. The Labute approximate surface area is 71.3 Å². The van der Waals surface area contributed by atoms with Crippen LogP contribution in [0.25, 0.3) is 0 Å². The van der Waals surface area contributed by atoms with Crippen molar-refractivity contribution in [1.29, 1.82) is 0 Å². The molecule has 0 atom stereocenters. The van der Waals surface area contributed by atoms with Crippen molar-refractivity contribution in [2.45, 2.75) is 6.92 Å². The van der Waals surface area contributed by atoms with Crippen LogP contribution in [0.5, 0.6) is 11.5 Å². The van der Waals surface area contributed by atoms with E-state index in [1.54, 1.807) is 6.07 Å². The second-order valence-electron chi connectivity index (χ2n) is 2.47. The molecule has 1 aromatic rings. The molecule has 0 heterocycles. The highest BCUT2D eigenvalue weighted by Crippen LogP contribution is 2.32. The van der Waals surface area contributed by atoms with Crippen LogP contribution in [0, 0.1) is 6.92 Å². The number of phenolic OH excluding ortho intramolecular Hbond substituents is 1. The lowest BCUT2D eigenvalue weighted by atomic mass is 10.2. The molecule has 0 spiro atoms. The second-order valence-corrected chi connectivity index (χ2v) is 2.47. The van der Waals surface area contributed by atoms with Crippen molar-refractivity contribution >= 4 is 12.4 Å². The summed E-state index contributed by atoms with van der Waals surface area (Å²) in [6.45, 7) is 5.27. The third-order valence-electron chi connectivity index (χ3n) is 1.67. The van der Waals surface area contributed by atoms with Crippen molar-refractivity contribution < 1.29 is 9.84 Å². The highest BCUT2D eigenvalue weighted by molar-refractivity contribution is 5.58. The molecule has 3 nitrogen and oxygen atoms in total. The number of benzene rings is 1. The average Bonchev–Trinajstić information content (AvgIpc) is 2.08. The number of nitrogens with zero attached hydrogens (tertiary/aromatic N) is 1. The fraction of sp³-hybridized carbons (Fsp3) is 0.222. The van der Waals surface area contributed by atoms with Crippen molar-refractivity contribution in [2.75, 3.05) is 7.11 Å². The van der Waals surface area contributed by atoms with Crippen molar-refractivity contribution in [2.24, 2.45) is 4.99 Å². The van der Waals surface area contributed by atoms with E-state index in [-0.39, 0.29) is 5.75 Å². The molecule has 0 aliphatic rings. The van der Waals surface area contributed by atoms with E-state index in [1.165, 1.54) is 13.2 Å². The number of hydrogen-bond acceptors (Lipinski definition) is 3. The maximum atomic E-state index is 9.33. The average molecular weight is 165 g/mol. The Bertz CT molecular complexity index is 308. The van der Waals surface area contributed by atoms with Gasteiger partial charge in [-0.2, -0.15) is 0 Å². The Balaban J connectivity index is 3.25. The van der Waals surface area contributed by atoms with Crippen LogP contribution in [0.1, 0.15) is 5.56 Å². The number of rotatable bonds is 2. The molecule has 0 aliphatic heterocycles. The molecular formula is C9H11NO2. The predicted molar refractivity (Wildman–Crippen MR) is 48.6 cm³/mol. The van der Waals surface area contributed by atoms with Gasteiger partial charge in [-0.1, -0.05) is 0 Å². The minimum atomic E-state index is 0.0884. The molecule has 1 aromatic carbocycles. The smallest absolute Gasteiger partial charge is 0.160 e. The van der Waals surface area contributed by atoms with Gasteiger partial charge in [0.1, 0.15) is 0 Å². The van der Waals surface area contributed by atoms with Crippen LogP contribution >= 0.6 is 0 Å². The van der Waals surface area contributed by atoms with Crippen LogP contribution in [0.3, 0.4) is 0 Å². The zero-order chi connectivity index (χ0) is 9.14. The van der Waals surface area contributed by atoms with Gasteiger partial charge in [0.15, 0.2) is 11.5 Å². The van der Waals surface area contributed by atoms with Crippen LogP contribution in [-0.4, -0.2) is 18.9 Å². The van der Waals surface area contributed by atoms with Crippen molar-refractivity contribution in [3.05, 3.63) is 17.7 Å². The van der Waals surface area contributed by atoms with E-state index >= 15 is 0 Å². The summed E-state index contributed by atoms with van der Waals surface area (Å²) in [5, 5.41) is 9.33. The normalized spacial score (nSPS) is 9.50. The first-order chi connectivity index (χ1) is 5.69. The van der Waals surface area contributed by atoms with Gasteiger partial charge in [-0.3, -0.25) is 4.99 Å². The van der Waals surface area contributed by atoms with Gasteiger partial charge in [0.2, 0.25) is 0 Å². The molecule has 0 aliphatic carbocycles. The van der Waals surface area contributed by atoms with Crippen LogP contribution in [-0.2, 0) is 0 Å². The zero-order valence-electron chi connectivity index (χ0n) is 7.16. The second kappa shape index (κ2) is 3.26. The first-order valence-corrected chi connectivity index (χ1v) is 3.53. The lowest BCUT2D eigenvalue weighted by Crippen LogP contribution is -1.84. The summed E-state index contributed by atoms with van der Waals surface area (Å²) in [7, 11) is 1.51. The van der Waals surface area contributed by atoms with E-state index in [1.807, 2.05) is 6.92 Å². The monoisotopic (exact) mass is 165 g/mol. The van der Waals surface area contributed by atoms with Crippen LogP contribution in [0.15, 0.2) is 17.1 Å². The van der Waals surface area contributed by atoms with Gasteiger partial charge in [0, 0.05) is 6.07 Å². The van der Waals surface area contributed by atoms with Crippen LogP contribution in [0.2, 0.25) is 0 Å². The fourth-order valence-corrected chi connectivity index (χ4v) is 0.993. The maximum Gasteiger partial charge on any atom is 0.160 e. The number of methoxy groups -OCH3 is 1. The highest BCUT2D eigenvalue weighted by Gasteiger charge is 2.04. The molecule has 0 saturated carbocycles. The Kier molecular flexibility index (Phi) is 2.33. The number of ether oxygens (including phenoxy) is 1. The predicted octanol–water partition coefficient (Wildman–Crippen LogP) is 2.04. The lowest BCUT2D eigenvalue weighted by molar-refractivity contribution is 0.373. The summed E-state index contributed by atoms with van der Waals surface area (Å²) in [4.78, 5) is 3.74. The van der Waals surface area contributed by atoms with Crippen LogP contribution < -0.4 is 4.74 Å². The van der Waals surface area contributed by atoms with Crippen molar-refractivity contribution in [3.8, 4) is 11.5 Å². The molecule has 0 amide bonds. The Morgan fingerprint density at radius 2 is 2.17 bits per heavy atom. The minimum absolute atomic E-state index is 0.0884. The van der Waals surface area contributed by atoms with E-state index in [2.05, 4.69) is 11.7 Å². The number of hydrogen-bond donors (Lipinski definition) is 1. The Morgan fingerprint density at radius 3 is 2.67 bits per heavy atom. The summed E-state index contributed by atoms with van der Waals surface area (Å²) in [6.07, 6.45) is 0. The molecule has 3 heteroatoms. The number of aromatic hydroxyl groups is 1. The molecule has 0 fully saturated rings. The van der Waals surface area contributed by atoms with Gasteiger partial charge in [0.25, 0.3) is 0 Å². The highest BCUT2D eigenvalue weighted by atomic mass is 16.5. The maximum absolute atomic E-state index is 9.33. The largest absolute Gasteiger partial charge is 0.504 e. The molecular weight excluding hydrogens is 154 g/mol. The summed E-state index contributed by atoms with van der Waals surface area (Å²) in [5.74, 6) is 0.547. The SMILES string of the molecule is C=Nc1cc(O)c(OC)cc1C. The van der Waals surface area contributed by atoms with E-state index in [0.29, 0.717) is 11.4 Å². The molecule has 0 radical (unpaired) electrons. The fourth-order valence-electron chi connectivity index (χ4n) is 0.993. The van der Waals surface area contributed by atoms with Gasteiger partial charge in [-0.15, -0.1) is 0 Å². The third kappa shape index (κ3) is 1.39. The number of aliphatic imine (C=N–C) groups is 1. The standard InChI is InChI=1S/C9H11NO2/c1-6-4-9(12-3)8(11)5-7(6)10-2/h4-5,11H,2H2,1,3H3. The Hall–Kier alpha value is -1.51. The Morgan fingerprint density at radius 1 is 1.50 bits per heavy atom. The summed E-state index contributed by atoms with van der Waals surface area (Å²) >= 11 is 0. The number of aryl methyl sites for hydroxylation is 1. The van der Waals surface area contributed by atoms with Gasteiger partial charge >= 0.3 is 0 Å². The molecule has 0 saturated heterocycles. The molecule has 1 N–H and O–H groups in total. The summed E-state index contributed by atoms with van der Waals surface area (Å²) < 4.78 is 4.91.